The summed E-state index contributed by atoms with van der Waals surface area (Å²) in [6.45, 7) is 2.42. The van der Waals surface area contributed by atoms with Crippen LogP contribution in [0.5, 0.6) is 17.2 Å². The van der Waals surface area contributed by atoms with Crippen LogP contribution in [0, 0.1) is 0 Å². The number of benzene rings is 3. The normalized spacial score (nSPS) is 10.2. The molecule has 3 aromatic carbocycles. The molecule has 0 aromatic heterocycles. The number of anilines is 1. The van der Waals surface area contributed by atoms with Crippen LogP contribution in [-0.2, 0) is 16.1 Å². The molecule has 0 spiro atoms. The molecule has 9 nitrogen and oxygen atoms in total. The second kappa shape index (κ2) is 12.3. The van der Waals surface area contributed by atoms with Crippen molar-refractivity contribution in [3.05, 3.63) is 82.9 Å². The van der Waals surface area contributed by atoms with Gasteiger partial charge in [-0.05, 0) is 55.5 Å². The predicted molar refractivity (Wildman–Crippen MR) is 132 cm³/mol. The van der Waals surface area contributed by atoms with E-state index in [1.165, 1.54) is 32.4 Å². The summed E-state index contributed by atoms with van der Waals surface area (Å²) < 4.78 is 26.4. The van der Waals surface area contributed by atoms with Crippen LogP contribution in [0.4, 0.5) is 5.69 Å². The Kier molecular flexibility index (Phi) is 8.88. The molecule has 3 rings (SSSR count). The zero-order valence-electron chi connectivity index (χ0n) is 20.5. The van der Waals surface area contributed by atoms with Gasteiger partial charge in [0, 0.05) is 16.8 Å². The lowest BCUT2D eigenvalue weighted by Crippen LogP contribution is -2.15. The summed E-state index contributed by atoms with van der Waals surface area (Å²) in [5, 5.41) is 2.71. The number of carbonyl (C=O) groups excluding carboxylic acids is 3. The summed E-state index contributed by atoms with van der Waals surface area (Å²) in [6.07, 6.45) is 0. The third-order valence-electron chi connectivity index (χ3n) is 5.11. The summed E-state index contributed by atoms with van der Waals surface area (Å²) in [5.41, 5.74) is 1.37. The Labute approximate surface area is 208 Å². The van der Waals surface area contributed by atoms with E-state index in [2.05, 4.69) is 5.32 Å². The summed E-state index contributed by atoms with van der Waals surface area (Å²) in [6, 6.07) is 16.3. The van der Waals surface area contributed by atoms with Crippen molar-refractivity contribution < 1.29 is 38.1 Å². The highest BCUT2D eigenvalue weighted by atomic mass is 16.5. The van der Waals surface area contributed by atoms with Crippen LogP contribution in [0.1, 0.15) is 43.6 Å². The van der Waals surface area contributed by atoms with Crippen molar-refractivity contribution in [2.24, 2.45) is 0 Å². The van der Waals surface area contributed by atoms with E-state index in [0.29, 0.717) is 35.0 Å². The highest BCUT2D eigenvalue weighted by Gasteiger charge is 2.17. The number of ether oxygens (including phenoxy) is 5. The average molecular weight is 494 g/mol. The Morgan fingerprint density at radius 3 is 1.94 bits per heavy atom. The largest absolute Gasteiger partial charge is 0.493 e. The fourth-order valence-corrected chi connectivity index (χ4v) is 3.40. The SMILES string of the molecule is CCOc1ccc(C(=O)Nc2cc(C(=O)OC)cc(C(=O)OC)c2)cc1COc1ccccc1OC. The first-order chi connectivity index (χ1) is 17.4. The zero-order chi connectivity index (χ0) is 26.1. The van der Waals surface area contributed by atoms with E-state index in [0.717, 1.165) is 0 Å². The summed E-state index contributed by atoms with van der Waals surface area (Å²) >= 11 is 0. The van der Waals surface area contributed by atoms with Gasteiger partial charge in [-0.3, -0.25) is 4.79 Å². The van der Waals surface area contributed by atoms with Gasteiger partial charge in [-0.2, -0.15) is 0 Å². The average Bonchev–Trinajstić information content (AvgIpc) is 2.91. The lowest BCUT2D eigenvalue weighted by atomic mass is 10.1. The fourth-order valence-electron chi connectivity index (χ4n) is 3.40. The number of hydrogen-bond donors (Lipinski definition) is 1. The van der Waals surface area contributed by atoms with Crippen LogP contribution in [0.25, 0.3) is 0 Å². The fraction of sp³-hybridized carbons (Fsp3) is 0.222. The minimum absolute atomic E-state index is 0.0910. The maximum Gasteiger partial charge on any atom is 0.337 e. The molecule has 0 unspecified atom stereocenters. The molecule has 188 valence electrons. The quantitative estimate of drug-likeness (QED) is 0.411. The van der Waals surface area contributed by atoms with E-state index in [1.54, 1.807) is 37.4 Å². The molecular formula is C27H27NO8. The standard InChI is InChI=1S/C27H27NO8/c1-5-35-22-11-10-17(12-20(22)16-36-24-9-7-6-8-23(24)32-2)25(29)28-21-14-18(26(30)33-3)13-19(15-21)27(31)34-4/h6-15H,5,16H2,1-4H3,(H,28,29). The second-order valence-electron chi connectivity index (χ2n) is 7.43. The molecule has 0 aliphatic heterocycles. The molecule has 0 bridgehead atoms. The third kappa shape index (κ3) is 6.32. The van der Waals surface area contributed by atoms with E-state index in [-0.39, 0.29) is 23.4 Å². The molecule has 36 heavy (non-hydrogen) atoms. The summed E-state index contributed by atoms with van der Waals surface area (Å²) in [5.74, 6) is -0.0799. The minimum Gasteiger partial charge on any atom is -0.493 e. The monoisotopic (exact) mass is 493 g/mol. The molecule has 9 heteroatoms. The number of amides is 1. The zero-order valence-corrected chi connectivity index (χ0v) is 20.5. The topological polar surface area (TPSA) is 109 Å². The van der Waals surface area contributed by atoms with Gasteiger partial charge in [0.25, 0.3) is 5.91 Å². The van der Waals surface area contributed by atoms with Crippen molar-refractivity contribution in [2.75, 3.05) is 33.3 Å². The smallest absolute Gasteiger partial charge is 0.337 e. The van der Waals surface area contributed by atoms with Crippen molar-refractivity contribution in [1.82, 2.24) is 0 Å². The lowest BCUT2D eigenvalue weighted by molar-refractivity contribution is 0.0598. The number of nitrogens with one attached hydrogen (secondary N) is 1. The molecule has 0 radical (unpaired) electrons. The van der Waals surface area contributed by atoms with Crippen molar-refractivity contribution in [3.63, 3.8) is 0 Å². The number of carbonyl (C=O) groups is 3. The van der Waals surface area contributed by atoms with Gasteiger partial charge in [0.15, 0.2) is 11.5 Å². The van der Waals surface area contributed by atoms with E-state index in [1.807, 2.05) is 19.1 Å². The number of esters is 2. The Bertz CT molecular complexity index is 1220. The van der Waals surface area contributed by atoms with Crippen molar-refractivity contribution in [3.8, 4) is 17.2 Å². The van der Waals surface area contributed by atoms with Crippen LogP contribution in [-0.4, -0.2) is 45.8 Å². The number of rotatable bonds is 10. The van der Waals surface area contributed by atoms with Gasteiger partial charge in [-0.25, -0.2) is 9.59 Å². The van der Waals surface area contributed by atoms with Crippen LogP contribution >= 0.6 is 0 Å². The number of para-hydroxylation sites is 2. The van der Waals surface area contributed by atoms with E-state index < -0.39 is 17.8 Å². The first-order valence-corrected chi connectivity index (χ1v) is 11.0. The predicted octanol–water partition coefficient (Wildman–Crippen LogP) is 4.50. The Hall–Kier alpha value is -4.53. The van der Waals surface area contributed by atoms with E-state index >= 15 is 0 Å². The Balaban J connectivity index is 1.87. The summed E-state index contributed by atoms with van der Waals surface area (Å²) in [7, 11) is 4.00. The van der Waals surface area contributed by atoms with E-state index in [9.17, 15) is 14.4 Å². The van der Waals surface area contributed by atoms with Gasteiger partial charge < -0.3 is 29.0 Å². The minimum atomic E-state index is -0.659. The van der Waals surface area contributed by atoms with E-state index in [4.69, 9.17) is 23.7 Å². The maximum absolute atomic E-state index is 13.1. The highest BCUT2D eigenvalue weighted by molar-refractivity contribution is 6.06. The molecular weight excluding hydrogens is 466 g/mol. The highest BCUT2D eigenvalue weighted by Crippen LogP contribution is 2.29. The van der Waals surface area contributed by atoms with Crippen molar-refractivity contribution in [1.29, 1.82) is 0 Å². The van der Waals surface area contributed by atoms with Gasteiger partial charge >= 0.3 is 11.9 Å². The second-order valence-corrected chi connectivity index (χ2v) is 7.43. The van der Waals surface area contributed by atoms with Crippen LogP contribution in [0.2, 0.25) is 0 Å². The first-order valence-electron chi connectivity index (χ1n) is 11.0. The molecule has 0 saturated carbocycles. The Morgan fingerprint density at radius 1 is 0.722 bits per heavy atom. The molecule has 1 N–H and O–H groups in total. The summed E-state index contributed by atoms with van der Waals surface area (Å²) in [4.78, 5) is 37.1. The van der Waals surface area contributed by atoms with Crippen molar-refractivity contribution in [2.45, 2.75) is 13.5 Å². The van der Waals surface area contributed by atoms with Crippen LogP contribution in [0.15, 0.2) is 60.7 Å². The van der Waals surface area contributed by atoms with Gasteiger partial charge in [0.2, 0.25) is 0 Å². The first kappa shape index (κ1) is 26.1. The number of hydrogen-bond acceptors (Lipinski definition) is 8. The van der Waals surface area contributed by atoms with Gasteiger partial charge in [-0.15, -0.1) is 0 Å². The lowest BCUT2D eigenvalue weighted by Gasteiger charge is -2.15. The third-order valence-corrected chi connectivity index (χ3v) is 5.11. The van der Waals surface area contributed by atoms with Crippen molar-refractivity contribution >= 4 is 23.5 Å². The molecule has 0 heterocycles. The molecule has 0 saturated heterocycles. The molecule has 1 amide bonds. The molecule has 0 fully saturated rings. The van der Waals surface area contributed by atoms with Gasteiger partial charge in [0.1, 0.15) is 12.4 Å². The maximum atomic E-state index is 13.1. The molecule has 0 aliphatic carbocycles. The van der Waals surface area contributed by atoms with Crippen LogP contribution < -0.4 is 19.5 Å². The molecule has 0 atom stereocenters. The Morgan fingerprint density at radius 2 is 1.36 bits per heavy atom. The number of methoxy groups -OCH3 is 3. The van der Waals surface area contributed by atoms with Crippen LogP contribution in [0.3, 0.4) is 0 Å². The van der Waals surface area contributed by atoms with Gasteiger partial charge in [-0.1, -0.05) is 12.1 Å². The van der Waals surface area contributed by atoms with Gasteiger partial charge in [0.05, 0.1) is 39.1 Å². The molecule has 3 aromatic rings. The molecule has 0 aliphatic rings.